The lowest BCUT2D eigenvalue weighted by molar-refractivity contribution is 0.0105. The molecule has 2 heteroatoms. The minimum Gasteiger partial charge on any atom is -0.413 e. The molecule has 7 atom stereocenters. The third kappa shape index (κ3) is 2.49. The highest BCUT2D eigenvalue weighted by atomic mass is 28.4. The Morgan fingerprint density at radius 2 is 1.13 bits per heavy atom. The number of rotatable bonds is 2. The van der Waals surface area contributed by atoms with Crippen molar-refractivity contribution in [3.8, 4) is 0 Å². The van der Waals surface area contributed by atoms with Gasteiger partial charge in [-0.15, -0.1) is 0 Å². The minimum absolute atomic E-state index is 0.354. The molecular formula is C21H38OSi. The van der Waals surface area contributed by atoms with Gasteiger partial charge < -0.3 is 4.43 Å². The van der Waals surface area contributed by atoms with E-state index in [2.05, 4.69) is 33.9 Å². The predicted molar refractivity (Wildman–Crippen MR) is 99.9 cm³/mol. The molecule has 132 valence electrons. The summed E-state index contributed by atoms with van der Waals surface area (Å²) in [5.41, 5.74) is 0. The number of hydrogen-bond donors (Lipinski definition) is 0. The largest absolute Gasteiger partial charge is 0.413 e. The fraction of sp³-hybridized carbons (Fsp3) is 1.00. The van der Waals surface area contributed by atoms with Crippen LogP contribution in [0.3, 0.4) is 0 Å². The van der Waals surface area contributed by atoms with Crippen molar-refractivity contribution in [1.82, 2.24) is 0 Å². The molecule has 0 aromatic rings. The summed E-state index contributed by atoms with van der Waals surface area (Å²) >= 11 is 0. The summed E-state index contributed by atoms with van der Waals surface area (Å²) in [4.78, 5) is 0. The molecular weight excluding hydrogens is 296 g/mol. The van der Waals surface area contributed by atoms with Crippen molar-refractivity contribution in [2.45, 2.75) is 96.4 Å². The van der Waals surface area contributed by atoms with Crippen LogP contribution in [0.5, 0.6) is 0 Å². The Labute approximate surface area is 145 Å². The SMILES string of the molecule is CC(C)(C)[Si](C)(C)OC1[C@H]2[C@@H]3CCCCCC[C@@H]3[C@@H]1[C@H]1CC[C@H]12. The summed E-state index contributed by atoms with van der Waals surface area (Å²) in [6.45, 7) is 12.2. The van der Waals surface area contributed by atoms with Crippen LogP contribution in [0.4, 0.5) is 0 Å². The highest BCUT2D eigenvalue weighted by Gasteiger charge is 2.66. The van der Waals surface area contributed by atoms with E-state index in [1.165, 1.54) is 51.4 Å². The van der Waals surface area contributed by atoms with Gasteiger partial charge in [0.1, 0.15) is 0 Å². The lowest BCUT2D eigenvalue weighted by Gasteiger charge is -2.47. The van der Waals surface area contributed by atoms with Crippen molar-refractivity contribution in [1.29, 1.82) is 0 Å². The smallest absolute Gasteiger partial charge is 0.192 e. The van der Waals surface area contributed by atoms with Gasteiger partial charge in [-0.1, -0.05) is 46.5 Å². The van der Waals surface area contributed by atoms with E-state index in [0.717, 1.165) is 35.5 Å². The average molecular weight is 335 g/mol. The van der Waals surface area contributed by atoms with E-state index < -0.39 is 8.32 Å². The van der Waals surface area contributed by atoms with Crippen molar-refractivity contribution in [3.63, 3.8) is 0 Å². The molecule has 0 spiro atoms. The van der Waals surface area contributed by atoms with Crippen LogP contribution in [0.15, 0.2) is 0 Å². The third-order valence-electron chi connectivity index (χ3n) is 8.73. The summed E-state index contributed by atoms with van der Waals surface area (Å²) in [6.07, 6.45) is 12.7. The second kappa shape index (κ2) is 5.59. The van der Waals surface area contributed by atoms with Gasteiger partial charge in [0, 0.05) is 0 Å². The van der Waals surface area contributed by atoms with Crippen LogP contribution in [-0.2, 0) is 4.43 Å². The first-order valence-electron chi connectivity index (χ1n) is 10.5. The standard InChI is InChI=1S/C21H38OSi/c1-21(2,3)23(4,5)22-20-18-14-10-8-6-7-9-11-15(14)19(20)17-13-12-16(17)18/h14-20H,6-13H2,1-5H3/t14-,15+,16-,17+,18+,19-,20?. The fourth-order valence-corrected chi connectivity index (χ4v) is 7.89. The van der Waals surface area contributed by atoms with Crippen LogP contribution >= 0.6 is 0 Å². The first kappa shape index (κ1) is 16.6. The molecule has 0 saturated heterocycles. The molecule has 2 bridgehead atoms. The molecule has 1 nitrogen and oxygen atoms in total. The Bertz CT molecular complexity index is 423. The fourth-order valence-electron chi connectivity index (χ4n) is 6.55. The molecule has 4 fully saturated rings. The van der Waals surface area contributed by atoms with E-state index in [1.807, 2.05) is 0 Å². The van der Waals surface area contributed by atoms with Gasteiger partial charge >= 0.3 is 0 Å². The van der Waals surface area contributed by atoms with Gasteiger partial charge in [0.15, 0.2) is 8.32 Å². The molecule has 0 aliphatic heterocycles. The van der Waals surface area contributed by atoms with E-state index in [1.54, 1.807) is 0 Å². The number of hydrogen-bond acceptors (Lipinski definition) is 1. The van der Waals surface area contributed by atoms with Crippen molar-refractivity contribution in [2.24, 2.45) is 35.5 Å². The molecule has 0 aromatic carbocycles. The van der Waals surface area contributed by atoms with Crippen LogP contribution in [0.1, 0.15) is 72.1 Å². The normalized spacial score (nSPS) is 46.6. The van der Waals surface area contributed by atoms with Gasteiger partial charge in [0.05, 0.1) is 6.10 Å². The quantitative estimate of drug-likeness (QED) is 0.542. The summed E-state index contributed by atoms with van der Waals surface area (Å²) in [5.74, 6) is 6.03. The predicted octanol–water partition coefficient (Wildman–Crippen LogP) is 6.25. The van der Waals surface area contributed by atoms with Crippen molar-refractivity contribution >= 4 is 8.32 Å². The molecule has 0 N–H and O–H groups in total. The summed E-state index contributed by atoms with van der Waals surface area (Å²) in [6, 6.07) is 0. The second-order valence-corrected chi connectivity index (χ2v) is 15.5. The Kier molecular flexibility index (Phi) is 4.04. The van der Waals surface area contributed by atoms with E-state index >= 15 is 0 Å². The molecule has 0 radical (unpaired) electrons. The first-order chi connectivity index (χ1) is 10.8. The van der Waals surface area contributed by atoms with Gasteiger partial charge in [-0.2, -0.15) is 0 Å². The van der Waals surface area contributed by atoms with Crippen LogP contribution < -0.4 is 0 Å². The van der Waals surface area contributed by atoms with Gasteiger partial charge in [0.25, 0.3) is 0 Å². The summed E-state index contributed by atoms with van der Waals surface area (Å²) in [7, 11) is -1.63. The van der Waals surface area contributed by atoms with Crippen molar-refractivity contribution in [3.05, 3.63) is 0 Å². The monoisotopic (exact) mass is 334 g/mol. The molecule has 4 aliphatic rings. The van der Waals surface area contributed by atoms with Crippen molar-refractivity contribution in [2.75, 3.05) is 0 Å². The maximum atomic E-state index is 7.14. The molecule has 4 saturated carbocycles. The van der Waals surface area contributed by atoms with Gasteiger partial charge in [-0.3, -0.25) is 0 Å². The highest BCUT2D eigenvalue weighted by molar-refractivity contribution is 6.74. The first-order valence-corrected chi connectivity index (χ1v) is 13.4. The molecule has 0 heterocycles. The Balaban J connectivity index is 1.60. The zero-order valence-corrected chi connectivity index (χ0v) is 17.1. The third-order valence-corrected chi connectivity index (χ3v) is 13.2. The van der Waals surface area contributed by atoms with Crippen LogP contribution in [0, 0.1) is 35.5 Å². The molecule has 0 amide bonds. The van der Waals surface area contributed by atoms with E-state index in [-0.39, 0.29) is 0 Å². The molecule has 4 aliphatic carbocycles. The zero-order chi connectivity index (χ0) is 16.4. The lowest BCUT2D eigenvalue weighted by atomic mass is 9.57. The molecule has 0 aromatic heterocycles. The van der Waals surface area contributed by atoms with E-state index in [4.69, 9.17) is 4.43 Å². The number of fused-ring (bicyclic) bond motifs is 8. The molecule has 4 rings (SSSR count). The Hall–Kier alpha value is 0.177. The van der Waals surface area contributed by atoms with E-state index in [0.29, 0.717) is 11.1 Å². The Morgan fingerprint density at radius 1 is 0.696 bits per heavy atom. The van der Waals surface area contributed by atoms with E-state index in [9.17, 15) is 0 Å². The van der Waals surface area contributed by atoms with Crippen LogP contribution in [-0.4, -0.2) is 14.4 Å². The highest BCUT2D eigenvalue weighted by Crippen LogP contribution is 2.68. The molecule has 23 heavy (non-hydrogen) atoms. The molecule has 1 unspecified atom stereocenters. The second-order valence-electron chi connectivity index (χ2n) is 10.7. The summed E-state index contributed by atoms with van der Waals surface area (Å²) in [5, 5.41) is 0.354. The van der Waals surface area contributed by atoms with Gasteiger partial charge in [-0.25, -0.2) is 0 Å². The van der Waals surface area contributed by atoms with Crippen molar-refractivity contribution < 1.29 is 4.43 Å². The van der Waals surface area contributed by atoms with Crippen LogP contribution in [0.25, 0.3) is 0 Å². The maximum Gasteiger partial charge on any atom is 0.192 e. The van der Waals surface area contributed by atoms with Gasteiger partial charge in [0.2, 0.25) is 0 Å². The van der Waals surface area contributed by atoms with Crippen LogP contribution in [0.2, 0.25) is 18.1 Å². The lowest BCUT2D eigenvalue weighted by Crippen LogP contribution is -2.45. The summed E-state index contributed by atoms with van der Waals surface area (Å²) < 4.78 is 7.14. The minimum atomic E-state index is -1.63. The average Bonchev–Trinajstić information content (AvgIpc) is 2.71. The zero-order valence-electron chi connectivity index (χ0n) is 16.1. The van der Waals surface area contributed by atoms with Gasteiger partial charge in [-0.05, 0) is 79.3 Å². The topological polar surface area (TPSA) is 9.23 Å². The maximum absolute atomic E-state index is 7.14. The Morgan fingerprint density at radius 3 is 1.52 bits per heavy atom.